The maximum Gasteiger partial charge on any atom is 0.191 e. The molecule has 0 radical (unpaired) electrons. The number of nitrogens with one attached hydrogen (secondary N) is 2. The molecule has 2 heterocycles. The summed E-state index contributed by atoms with van der Waals surface area (Å²) in [6.45, 7) is 11.3. The van der Waals surface area contributed by atoms with E-state index in [2.05, 4.69) is 68.6 Å². The van der Waals surface area contributed by atoms with Gasteiger partial charge in [0.1, 0.15) is 0 Å². The molecule has 28 heavy (non-hydrogen) atoms. The molecule has 1 saturated heterocycles. The second-order valence-corrected chi connectivity index (χ2v) is 8.70. The standard InChI is InChI=1S/C21H32N6S/c1-16-20(28-17(2)25-16)14-24-21(22-3)23-13-18-5-7-19(8-6-18)15-27-11-9-26(4)10-12-27/h5-8H,9-15H2,1-4H3,(H2,22,23,24). The summed E-state index contributed by atoms with van der Waals surface area (Å²) in [7, 11) is 4.00. The van der Waals surface area contributed by atoms with E-state index in [9.17, 15) is 0 Å². The van der Waals surface area contributed by atoms with Gasteiger partial charge >= 0.3 is 0 Å². The fraction of sp³-hybridized carbons (Fsp3) is 0.524. The Morgan fingerprint density at radius 3 is 2.29 bits per heavy atom. The number of guanidine groups is 1. The van der Waals surface area contributed by atoms with E-state index in [-0.39, 0.29) is 0 Å². The molecule has 1 aliphatic heterocycles. The molecular formula is C21H32N6S. The Bertz CT molecular complexity index is 775. The SMILES string of the molecule is CN=C(NCc1ccc(CN2CCN(C)CC2)cc1)NCc1sc(C)nc1C. The normalized spacial score (nSPS) is 16.4. The number of likely N-dealkylation sites (N-methyl/N-ethyl adjacent to an activating group) is 1. The Hall–Kier alpha value is -1.96. The Morgan fingerprint density at radius 1 is 1.04 bits per heavy atom. The van der Waals surface area contributed by atoms with Crippen LogP contribution in [0.5, 0.6) is 0 Å². The zero-order valence-corrected chi connectivity index (χ0v) is 18.3. The number of aryl methyl sites for hydroxylation is 2. The third-order valence-electron chi connectivity index (χ3n) is 5.12. The Kier molecular flexibility index (Phi) is 7.42. The van der Waals surface area contributed by atoms with Gasteiger partial charge in [0.25, 0.3) is 0 Å². The molecule has 3 rings (SSSR count). The van der Waals surface area contributed by atoms with E-state index in [0.717, 1.165) is 62.5 Å². The van der Waals surface area contributed by atoms with Crippen molar-refractivity contribution in [1.82, 2.24) is 25.4 Å². The lowest BCUT2D eigenvalue weighted by molar-refractivity contribution is 0.148. The number of hydrogen-bond donors (Lipinski definition) is 2. The molecule has 7 heteroatoms. The number of aromatic nitrogens is 1. The Labute approximate surface area is 172 Å². The van der Waals surface area contributed by atoms with E-state index in [4.69, 9.17) is 0 Å². The van der Waals surface area contributed by atoms with Crippen LogP contribution in [-0.4, -0.2) is 61.0 Å². The lowest BCUT2D eigenvalue weighted by Gasteiger charge is -2.32. The van der Waals surface area contributed by atoms with Crippen LogP contribution in [0, 0.1) is 13.8 Å². The van der Waals surface area contributed by atoms with Crippen molar-refractivity contribution in [3.8, 4) is 0 Å². The molecule has 1 fully saturated rings. The fourth-order valence-electron chi connectivity index (χ4n) is 3.33. The molecule has 6 nitrogen and oxygen atoms in total. The van der Waals surface area contributed by atoms with E-state index >= 15 is 0 Å². The largest absolute Gasteiger partial charge is 0.352 e. The summed E-state index contributed by atoms with van der Waals surface area (Å²) in [4.78, 5) is 15.0. The minimum absolute atomic E-state index is 0.751. The summed E-state index contributed by atoms with van der Waals surface area (Å²) in [6.07, 6.45) is 0. The highest BCUT2D eigenvalue weighted by molar-refractivity contribution is 7.11. The zero-order valence-electron chi connectivity index (χ0n) is 17.5. The monoisotopic (exact) mass is 400 g/mol. The van der Waals surface area contributed by atoms with Crippen molar-refractivity contribution < 1.29 is 0 Å². The molecule has 2 aromatic rings. The van der Waals surface area contributed by atoms with Crippen LogP contribution in [0.2, 0.25) is 0 Å². The van der Waals surface area contributed by atoms with Gasteiger partial charge < -0.3 is 15.5 Å². The minimum Gasteiger partial charge on any atom is -0.352 e. The molecule has 2 N–H and O–H groups in total. The highest BCUT2D eigenvalue weighted by atomic mass is 32.1. The first kappa shape index (κ1) is 20.8. The fourth-order valence-corrected chi connectivity index (χ4v) is 4.21. The number of hydrogen-bond acceptors (Lipinski definition) is 5. The number of thiazole rings is 1. The van der Waals surface area contributed by atoms with Gasteiger partial charge in [0.05, 0.1) is 17.2 Å². The van der Waals surface area contributed by atoms with Crippen molar-refractivity contribution in [3.63, 3.8) is 0 Å². The topological polar surface area (TPSA) is 55.8 Å². The molecule has 1 aliphatic rings. The van der Waals surface area contributed by atoms with Gasteiger partial charge in [-0.2, -0.15) is 0 Å². The summed E-state index contributed by atoms with van der Waals surface area (Å²) in [5.74, 6) is 0.812. The summed E-state index contributed by atoms with van der Waals surface area (Å²) in [5, 5.41) is 7.88. The lowest BCUT2D eigenvalue weighted by atomic mass is 10.1. The van der Waals surface area contributed by atoms with Crippen LogP contribution in [0.1, 0.15) is 26.7 Å². The number of nitrogens with zero attached hydrogens (tertiary/aromatic N) is 4. The van der Waals surface area contributed by atoms with Gasteiger partial charge in [0, 0.05) is 51.2 Å². The zero-order chi connectivity index (χ0) is 19.9. The van der Waals surface area contributed by atoms with Crippen LogP contribution < -0.4 is 10.6 Å². The predicted molar refractivity (Wildman–Crippen MR) is 118 cm³/mol. The second-order valence-electron chi connectivity index (χ2n) is 7.42. The van der Waals surface area contributed by atoms with Crippen molar-refractivity contribution >= 4 is 17.3 Å². The van der Waals surface area contributed by atoms with Crippen LogP contribution in [-0.2, 0) is 19.6 Å². The lowest BCUT2D eigenvalue weighted by Crippen LogP contribution is -2.43. The van der Waals surface area contributed by atoms with Gasteiger partial charge in [0.2, 0.25) is 0 Å². The molecule has 1 aromatic heterocycles. The van der Waals surface area contributed by atoms with Crippen molar-refractivity contribution in [3.05, 3.63) is 51.0 Å². The number of aliphatic imine (C=N–C) groups is 1. The summed E-state index contributed by atoms with van der Waals surface area (Å²) >= 11 is 1.73. The first-order chi connectivity index (χ1) is 13.5. The third-order valence-corrected chi connectivity index (χ3v) is 6.20. The van der Waals surface area contributed by atoms with Gasteiger partial charge in [-0.25, -0.2) is 4.98 Å². The number of piperazine rings is 1. The van der Waals surface area contributed by atoms with Crippen LogP contribution >= 0.6 is 11.3 Å². The summed E-state index contributed by atoms with van der Waals surface area (Å²) in [5.41, 5.74) is 3.74. The molecule has 1 aromatic carbocycles. The van der Waals surface area contributed by atoms with Gasteiger partial charge in [-0.15, -0.1) is 11.3 Å². The molecule has 0 atom stereocenters. The molecule has 0 bridgehead atoms. The minimum atomic E-state index is 0.751. The van der Waals surface area contributed by atoms with Crippen molar-refractivity contribution in [1.29, 1.82) is 0 Å². The van der Waals surface area contributed by atoms with Crippen molar-refractivity contribution in [2.24, 2.45) is 4.99 Å². The van der Waals surface area contributed by atoms with Gasteiger partial charge in [-0.3, -0.25) is 9.89 Å². The quantitative estimate of drug-likeness (QED) is 0.576. The number of benzene rings is 1. The van der Waals surface area contributed by atoms with E-state index < -0.39 is 0 Å². The maximum absolute atomic E-state index is 4.47. The number of rotatable bonds is 6. The van der Waals surface area contributed by atoms with Gasteiger partial charge in [-0.1, -0.05) is 24.3 Å². The molecular weight excluding hydrogens is 368 g/mol. The van der Waals surface area contributed by atoms with Crippen LogP contribution in [0.4, 0.5) is 0 Å². The maximum atomic E-state index is 4.47. The van der Waals surface area contributed by atoms with Crippen LogP contribution in [0.3, 0.4) is 0 Å². The highest BCUT2D eigenvalue weighted by Crippen LogP contribution is 2.16. The van der Waals surface area contributed by atoms with Gasteiger partial charge in [-0.05, 0) is 32.0 Å². The Morgan fingerprint density at radius 2 is 1.68 bits per heavy atom. The van der Waals surface area contributed by atoms with E-state index in [0.29, 0.717) is 0 Å². The Balaban J connectivity index is 1.44. The molecule has 0 spiro atoms. The molecule has 152 valence electrons. The first-order valence-corrected chi connectivity index (χ1v) is 10.7. The van der Waals surface area contributed by atoms with E-state index in [1.165, 1.54) is 16.0 Å². The second kappa shape index (κ2) is 10.0. The first-order valence-electron chi connectivity index (χ1n) is 9.89. The highest BCUT2D eigenvalue weighted by Gasteiger charge is 2.13. The molecule has 0 unspecified atom stereocenters. The van der Waals surface area contributed by atoms with Gasteiger partial charge in [0.15, 0.2) is 5.96 Å². The average molecular weight is 401 g/mol. The third kappa shape index (κ3) is 6.02. The van der Waals surface area contributed by atoms with E-state index in [1.807, 2.05) is 6.92 Å². The summed E-state index contributed by atoms with van der Waals surface area (Å²) in [6, 6.07) is 8.91. The predicted octanol–water partition coefficient (Wildman–Crippen LogP) is 2.37. The van der Waals surface area contributed by atoms with Crippen LogP contribution in [0.25, 0.3) is 0 Å². The smallest absolute Gasteiger partial charge is 0.191 e. The molecule has 0 amide bonds. The van der Waals surface area contributed by atoms with Crippen LogP contribution in [0.15, 0.2) is 29.3 Å². The van der Waals surface area contributed by atoms with Crippen molar-refractivity contribution in [2.45, 2.75) is 33.5 Å². The summed E-state index contributed by atoms with van der Waals surface area (Å²) < 4.78 is 0. The average Bonchev–Trinajstić information content (AvgIpc) is 3.02. The van der Waals surface area contributed by atoms with Crippen molar-refractivity contribution in [2.75, 3.05) is 40.3 Å². The van der Waals surface area contributed by atoms with E-state index in [1.54, 1.807) is 18.4 Å². The molecule has 0 saturated carbocycles. The molecule has 0 aliphatic carbocycles.